The molecule has 1 heterocycles. The Morgan fingerprint density at radius 3 is 2.51 bits per heavy atom. The molecule has 10 atom stereocenters. The minimum absolute atomic E-state index is 0.000382. The third kappa shape index (κ3) is 3.54. The van der Waals surface area contributed by atoms with E-state index in [0.29, 0.717) is 30.0 Å². The summed E-state index contributed by atoms with van der Waals surface area (Å²) >= 11 is 0. The van der Waals surface area contributed by atoms with E-state index in [9.17, 15) is 9.90 Å². The van der Waals surface area contributed by atoms with Crippen LogP contribution in [0.25, 0.3) is 0 Å². The first-order chi connectivity index (χ1) is 16.3. The van der Waals surface area contributed by atoms with E-state index in [-0.39, 0.29) is 46.3 Å². The van der Waals surface area contributed by atoms with Gasteiger partial charge >= 0.3 is 0 Å². The molecule has 5 nitrogen and oxygen atoms in total. The van der Waals surface area contributed by atoms with Crippen molar-refractivity contribution in [1.29, 1.82) is 0 Å². The topological polar surface area (TPSA) is 62.1 Å². The number of aliphatic imine (C=N–C) groups is 1. The molecule has 0 amide bonds. The van der Waals surface area contributed by atoms with E-state index in [2.05, 4.69) is 66.6 Å². The highest BCUT2D eigenvalue weighted by Crippen LogP contribution is 2.69. The molecular weight excluding hydrogens is 436 g/mol. The number of aliphatic hydroxyl groups is 1. The highest BCUT2D eigenvalue weighted by atomic mass is 16.5. The SMILES string of the molecule is CC(C)C1=N[C@H]2CC=C3CC4C(=O)C[C@]5(C)[C@@H](C(C)N(C)C)[C@H](O)C[C@@]5(C)C4CCC3[C@]2(C)CO1. The normalized spacial score (nSPS) is 48.1. The van der Waals surface area contributed by atoms with Crippen LogP contribution in [0.4, 0.5) is 0 Å². The van der Waals surface area contributed by atoms with Crippen molar-refractivity contribution < 1.29 is 14.6 Å². The summed E-state index contributed by atoms with van der Waals surface area (Å²) in [5.74, 6) is 2.63. The van der Waals surface area contributed by atoms with Gasteiger partial charge in [0.25, 0.3) is 0 Å². The molecule has 0 bridgehead atoms. The molecule has 4 unspecified atom stereocenters. The first kappa shape index (κ1) is 25.4. The summed E-state index contributed by atoms with van der Waals surface area (Å²) < 4.78 is 6.24. The molecule has 0 aromatic rings. The number of ether oxygens (including phenoxy) is 1. The van der Waals surface area contributed by atoms with Gasteiger partial charge in [0.1, 0.15) is 5.78 Å². The highest BCUT2D eigenvalue weighted by Gasteiger charge is 2.68. The van der Waals surface area contributed by atoms with Gasteiger partial charge in [-0.05, 0) is 75.8 Å². The van der Waals surface area contributed by atoms with Gasteiger partial charge in [-0.15, -0.1) is 0 Å². The Labute approximate surface area is 212 Å². The zero-order valence-corrected chi connectivity index (χ0v) is 23.3. The van der Waals surface area contributed by atoms with Crippen molar-refractivity contribution in [2.75, 3.05) is 20.7 Å². The zero-order valence-electron chi connectivity index (χ0n) is 23.3. The largest absolute Gasteiger partial charge is 0.480 e. The maximum Gasteiger partial charge on any atom is 0.186 e. The van der Waals surface area contributed by atoms with Crippen LogP contribution in [-0.2, 0) is 9.53 Å². The van der Waals surface area contributed by atoms with Gasteiger partial charge in [-0.2, -0.15) is 0 Å². The standard InChI is InChI=1S/C30H48N2O3/c1-17(2)27-31-25-12-9-19-13-20-22(11-10-21(19)28(25,4)16-35-27)29(5)15-24(34)26(18(3)32(7)8)30(29,6)14-23(20)33/h9,17-18,20-22,24-26,34H,10-16H2,1-8H3/t18?,20?,21?,22?,24-,25+,26+,28+,29+,30-/m1/s1. The summed E-state index contributed by atoms with van der Waals surface area (Å²) in [6, 6.07) is 0.516. The van der Waals surface area contributed by atoms with Crippen LogP contribution < -0.4 is 0 Å². The molecular formula is C30H48N2O3. The third-order valence-corrected chi connectivity index (χ3v) is 11.8. The summed E-state index contributed by atoms with van der Waals surface area (Å²) in [5.41, 5.74) is 1.29. The summed E-state index contributed by atoms with van der Waals surface area (Å²) in [5, 5.41) is 11.4. The zero-order chi connectivity index (χ0) is 25.5. The van der Waals surface area contributed by atoms with E-state index in [0.717, 1.165) is 44.6 Å². The minimum Gasteiger partial charge on any atom is -0.480 e. The van der Waals surface area contributed by atoms with E-state index >= 15 is 0 Å². The van der Waals surface area contributed by atoms with Gasteiger partial charge in [0, 0.05) is 35.6 Å². The molecule has 4 aliphatic carbocycles. The van der Waals surface area contributed by atoms with Crippen molar-refractivity contribution in [2.45, 2.75) is 98.3 Å². The first-order valence-electron chi connectivity index (χ1n) is 14.1. The van der Waals surface area contributed by atoms with Gasteiger partial charge < -0.3 is 14.7 Å². The maximum atomic E-state index is 13.9. The number of carbonyl (C=O) groups is 1. The number of carbonyl (C=O) groups excluding carboxylic acids is 1. The Balaban J connectivity index is 1.48. The second kappa shape index (κ2) is 8.41. The van der Waals surface area contributed by atoms with Crippen LogP contribution in [0.1, 0.15) is 80.1 Å². The van der Waals surface area contributed by atoms with Crippen molar-refractivity contribution in [3.05, 3.63) is 11.6 Å². The van der Waals surface area contributed by atoms with Crippen molar-refractivity contribution in [3.8, 4) is 0 Å². The predicted molar refractivity (Wildman–Crippen MR) is 140 cm³/mol. The maximum absolute atomic E-state index is 13.9. The molecule has 0 spiro atoms. The van der Waals surface area contributed by atoms with Gasteiger partial charge in [0.2, 0.25) is 0 Å². The van der Waals surface area contributed by atoms with Crippen LogP contribution >= 0.6 is 0 Å². The van der Waals surface area contributed by atoms with Gasteiger partial charge in [0.15, 0.2) is 5.90 Å². The summed E-state index contributed by atoms with van der Waals surface area (Å²) in [6.45, 7) is 14.4. The number of allylic oxidation sites excluding steroid dienone is 1. The lowest BCUT2D eigenvalue weighted by Crippen LogP contribution is -2.55. The van der Waals surface area contributed by atoms with Crippen molar-refractivity contribution in [3.63, 3.8) is 0 Å². The quantitative estimate of drug-likeness (QED) is 0.565. The smallest absolute Gasteiger partial charge is 0.186 e. The van der Waals surface area contributed by atoms with Crippen LogP contribution in [-0.4, -0.2) is 60.6 Å². The fourth-order valence-electron chi connectivity index (χ4n) is 9.41. The van der Waals surface area contributed by atoms with Crippen molar-refractivity contribution >= 4 is 11.7 Å². The Kier molecular flexibility index (Phi) is 6.12. The predicted octanol–water partition coefficient (Wildman–Crippen LogP) is 5.12. The summed E-state index contributed by atoms with van der Waals surface area (Å²) in [7, 11) is 4.20. The van der Waals surface area contributed by atoms with Crippen LogP contribution in [0.3, 0.4) is 0 Å². The molecule has 1 aliphatic heterocycles. The minimum atomic E-state index is -0.351. The molecule has 3 saturated carbocycles. The first-order valence-corrected chi connectivity index (χ1v) is 14.1. The average molecular weight is 485 g/mol. The Morgan fingerprint density at radius 1 is 1.14 bits per heavy atom. The number of fused-ring (bicyclic) bond motifs is 6. The molecule has 5 heteroatoms. The fourth-order valence-corrected chi connectivity index (χ4v) is 9.41. The molecule has 196 valence electrons. The van der Waals surface area contributed by atoms with Crippen molar-refractivity contribution in [1.82, 2.24) is 4.90 Å². The average Bonchev–Trinajstić information content (AvgIpc) is 2.91. The van der Waals surface area contributed by atoms with E-state index < -0.39 is 0 Å². The van der Waals surface area contributed by atoms with E-state index in [1.54, 1.807) is 0 Å². The number of nitrogens with zero attached hydrogens (tertiary/aromatic N) is 2. The van der Waals surface area contributed by atoms with Gasteiger partial charge in [-0.25, -0.2) is 0 Å². The van der Waals surface area contributed by atoms with Crippen LogP contribution in [0.2, 0.25) is 0 Å². The second-order valence-electron chi connectivity index (χ2n) is 14.0. The number of rotatable bonds is 3. The lowest BCUT2D eigenvalue weighted by atomic mass is 9.48. The van der Waals surface area contributed by atoms with E-state index in [1.807, 2.05) is 0 Å². The number of ketones is 1. The van der Waals surface area contributed by atoms with Crippen LogP contribution in [0, 0.1) is 45.8 Å². The Morgan fingerprint density at radius 2 is 1.86 bits per heavy atom. The molecule has 35 heavy (non-hydrogen) atoms. The lowest BCUT2D eigenvalue weighted by molar-refractivity contribution is -0.147. The summed E-state index contributed by atoms with van der Waals surface area (Å²) in [6.07, 6.45) is 7.52. The highest BCUT2D eigenvalue weighted by molar-refractivity contribution is 5.84. The molecule has 0 aromatic carbocycles. The van der Waals surface area contributed by atoms with Crippen LogP contribution in [0.15, 0.2) is 16.6 Å². The van der Waals surface area contributed by atoms with Crippen LogP contribution in [0.5, 0.6) is 0 Å². The van der Waals surface area contributed by atoms with Gasteiger partial charge in [0.05, 0.1) is 18.8 Å². The summed E-state index contributed by atoms with van der Waals surface area (Å²) in [4.78, 5) is 21.2. The number of hydrogen-bond donors (Lipinski definition) is 1. The van der Waals surface area contributed by atoms with E-state index in [4.69, 9.17) is 9.73 Å². The van der Waals surface area contributed by atoms with Gasteiger partial charge in [-0.1, -0.05) is 46.3 Å². The van der Waals surface area contributed by atoms with Gasteiger partial charge in [-0.3, -0.25) is 9.79 Å². The molecule has 0 aromatic heterocycles. The van der Waals surface area contributed by atoms with E-state index in [1.165, 1.54) is 5.57 Å². The number of Topliss-reactive ketones (excluding diaryl/α,β-unsaturated/α-hetero) is 1. The van der Waals surface area contributed by atoms with Crippen molar-refractivity contribution in [2.24, 2.45) is 50.8 Å². The Hall–Kier alpha value is -1.20. The number of hydrogen-bond acceptors (Lipinski definition) is 5. The molecule has 5 aliphatic rings. The number of aliphatic hydroxyl groups excluding tert-OH is 1. The fraction of sp³-hybridized carbons (Fsp3) is 0.867. The molecule has 3 fully saturated rings. The Bertz CT molecular complexity index is 940. The lowest BCUT2D eigenvalue weighted by Gasteiger charge is -2.56. The third-order valence-electron chi connectivity index (χ3n) is 11.8. The monoisotopic (exact) mass is 484 g/mol. The molecule has 0 saturated heterocycles. The molecule has 0 radical (unpaired) electrons. The molecule has 5 rings (SSSR count). The second-order valence-corrected chi connectivity index (χ2v) is 14.0. The molecule has 1 N–H and O–H groups in total.